The van der Waals surface area contributed by atoms with Crippen LogP contribution in [0.2, 0.25) is 0 Å². The number of aromatic nitrogens is 1. The van der Waals surface area contributed by atoms with Gasteiger partial charge in [-0.05, 0) is 32.6 Å². The summed E-state index contributed by atoms with van der Waals surface area (Å²) in [6.45, 7) is 24.0. The Balaban J connectivity index is -0.000000466. The van der Waals surface area contributed by atoms with E-state index in [0.29, 0.717) is 11.8 Å². The Morgan fingerprint density at radius 2 is 1.50 bits per heavy atom. The summed E-state index contributed by atoms with van der Waals surface area (Å²) in [4.78, 5) is 10.8. The monoisotopic (exact) mass is 724 g/mol. The van der Waals surface area contributed by atoms with Gasteiger partial charge in [-0.1, -0.05) is 108 Å². The summed E-state index contributed by atoms with van der Waals surface area (Å²) in [7, 11) is 0. The maximum absolute atomic E-state index is 10.8. The normalized spacial score (nSPS) is 12.2. The van der Waals surface area contributed by atoms with Crippen LogP contribution in [0.5, 0.6) is 0 Å². The predicted octanol–water partition coefficient (Wildman–Crippen LogP) is 9.65. The molecular weight excluding hydrogens is 670 g/mol. The molecule has 0 saturated heterocycles. The van der Waals surface area contributed by atoms with Crippen LogP contribution in [0.3, 0.4) is 0 Å². The number of anilines is 1. The fraction of sp³-hybridized carbons (Fsp3) is 0.613. The van der Waals surface area contributed by atoms with Crippen molar-refractivity contribution in [3.05, 3.63) is 61.0 Å². The number of carbonyl (C=O) groups is 1. The average Bonchev–Trinajstić information content (AvgIpc) is 3.28. The van der Waals surface area contributed by atoms with Gasteiger partial charge in [-0.3, -0.25) is 4.79 Å². The number of hydrogen-bond donors (Lipinski definition) is 1. The van der Waals surface area contributed by atoms with Crippen molar-refractivity contribution in [2.75, 3.05) is 5.73 Å². The molecule has 2 rings (SSSR count). The molecule has 0 amide bonds. The van der Waals surface area contributed by atoms with Crippen molar-refractivity contribution in [1.82, 2.24) is 5.16 Å². The maximum Gasteiger partial charge on any atom is 2.00 e. The van der Waals surface area contributed by atoms with Crippen molar-refractivity contribution in [3.8, 4) is 0 Å². The summed E-state index contributed by atoms with van der Waals surface area (Å²) in [5.41, 5.74) is 8.56. The number of ketones is 1. The number of nitrogen functional groups attached to an aromatic ring is 1. The Kier molecular flexibility index (Phi) is 28.1. The zero-order chi connectivity index (χ0) is 27.2. The molecule has 0 aliphatic rings. The molecule has 0 bridgehead atoms. The fourth-order valence-corrected chi connectivity index (χ4v) is 2.97. The summed E-state index contributed by atoms with van der Waals surface area (Å²) in [5.74, 6) is 2.69. The summed E-state index contributed by atoms with van der Waals surface area (Å²) in [5, 5.41) is 4.04. The number of hydrogen-bond acceptors (Lipinski definition) is 4. The Labute approximate surface area is 247 Å². The smallest absolute Gasteiger partial charge is 0.368 e. The van der Waals surface area contributed by atoms with E-state index in [9.17, 15) is 4.79 Å². The average molecular weight is 725 g/mol. The van der Waals surface area contributed by atoms with Gasteiger partial charge in [-0.25, -0.2) is 0 Å². The van der Waals surface area contributed by atoms with Gasteiger partial charge >= 0.3 is 31.1 Å². The molecule has 0 aliphatic heterocycles. The van der Waals surface area contributed by atoms with Gasteiger partial charge in [-0.15, -0.1) is 0 Å². The molecule has 1 aromatic heterocycles. The zero-order valence-electron chi connectivity index (χ0n) is 24.5. The van der Waals surface area contributed by atoms with Gasteiger partial charge < -0.3 is 24.1 Å². The van der Waals surface area contributed by atoms with Crippen molar-refractivity contribution in [3.63, 3.8) is 0 Å². The second-order valence-corrected chi connectivity index (χ2v) is 9.45. The van der Waals surface area contributed by atoms with Gasteiger partial charge in [0.2, 0.25) is 5.88 Å². The molecule has 0 fully saturated rings. The largest absolute Gasteiger partial charge is 2.00 e. The summed E-state index contributed by atoms with van der Waals surface area (Å²) < 4.78 is 4.95. The molecule has 5 heteroatoms. The topological polar surface area (TPSA) is 69.1 Å². The quantitative estimate of drug-likeness (QED) is 0.196. The van der Waals surface area contributed by atoms with Crippen LogP contribution in [0.1, 0.15) is 127 Å². The molecule has 204 valence electrons. The predicted molar refractivity (Wildman–Crippen MR) is 154 cm³/mol. The van der Waals surface area contributed by atoms with Crippen molar-refractivity contribution in [2.24, 2.45) is 11.8 Å². The van der Waals surface area contributed by atoms with E-state index in [-0.39, 0.29) is 36.9 Å². The Morgan fingerprint density at radius 3 is 1.83 bits per heavy atom. The first-order valence-corrected chi connectivity index (χ1v) is 13.5. The molecule has 2 aromatic rings. The first-order valence-electron chi connectivity index (χ1n) is 13.5. The number of rotatable bonds is 10. The number of nitrogens with two attached hydrogens (primary N) is 1. The molecule has 0 aliphatic carbocycles. The van der Waals surface area contributed by atoms with Crippen molar-refractivity contribution in [1.29, 1.82) is 0 Å². The molecule has 0 radical (unpaired) electrons. The molecule has 1 aromatic carbocycles. The van der Waals surface area contributed by atoms with Gasteiger partial charge in [-0.2, -0.15) is 12.8 Å². The molecule has 3 unspecified atom stereocenters. The molecule has 1 heterocycles. The van der Waals surface area contributed by atoms with Gasteiger partial charge in [0.15, 0.2) is 5.78 Å². The minimum atomic E-state index is 0. The van der Waals surface area contributed by atoms with Gasteiger partial charge in [0.05, 0.1) is 5.69 Å². The van der Waals surface area contributed by atoms with E-state index in [0.717, 1.165) is 35.9 Å². The zero-order valence-corrected chi connectivity index (χ0v) is 28.7. The molecular formula is C31H54N2O2U. The summed E-state index contributed by atoms with van der Waals surface area (Å²) >= 11 is 0. The van der Waals surface area contributed by atoms with Crippen LogP contribution in [-0.2, 0) is 0 Å². The van der Waals surface area contributed by atoms with Crippen LogP contribution in [0.4, 0.5) is 5.88 Å². The Morgan fingerprint density at radius 1 is 0.972 bits per heavy atom. The van der Waals surface area contributed by atoms with Crippen LogP contribution in [0, 0.1) is 63.7 Å². The molecule has 4 nitrogen and oxygen atoms in total. The molecule has 36 heavy (non-hydrogen) atoms. The third-order valence-electron chi connectivity index (χ3n) is 5.95. The van der Waals surface area contributed by atoms with E-state index in [1.807, 2.05) is 44.2 Å². The van der Waals surface area contributed by atoms with Crippen molar-refractivity contribution in [2.45, 2.75) is 113 Å². The minimum absolute atomic E-state index is 0. The van der Waals surface area contributed by atoms with E-state index >= 15 is 0 Å². The van der Waals surface area contributed by atoms with E-state index in [1.54, 1.807) is 6.92 Å². The first kappa shape index (κ1) is 39.5. The Bertz CT molecular complexity index is 739. The van der Waals surface area contributed by atoms with Crippen LogP contribution in [0.25, 0.3) is 0 Å². The summed E-state index contributed by atoms with van der Waals surface area (Å²) in [6.07, 6.45) is 9.39. The third kappa shape index (κ3) is 21.1. The maximum atomic E-state index is 10.8. The second kappa shape index (κ2) is 25.6. The standard InChI is InChI=1S/C13H24N2O.C9H10O.C6H13.C3H7.U/c1-4-6-11(8-7-10(3)5-2)12-9-13(14)16-15-12;1-7-3-5-9(6-4-7)8(2)10;1-4-6(3)5-2;1-3-2;/h9-11H,4-8,14H2,1-3H3;3-6H,1-2H3;6H,1,4-5H2,2-3H3;1,3H2,2H3;/q;;2*-1;+2. The van der Waals surface area contributed by atoms with Crippen LogP contribution < -0.4 is 5.73 Å². The Hall–Kier alpha value is -1.05. The van der Waals surface area contributed by atoms with E-state index in [4.69, 9.17) is 10.3 Å². The van der Waals surface area contributed by atoms with Gasteiger partial charge in [0, 0.05) is 17.5 Å². The number of aryl methyl sites for hydroxylation is 1. The molecule has 3 atom stereocenters. The molecule has 0 saturated carbocycles. The number of nitrogens with zero attached hydrogens (tertiary/aromatic N) is 1. The van der Waals surface area contributed by atoms with Gasteiger partial charge in [0.25, 0.3) is 0 Å². The van der Waals surface area contributed by atoms with E-state index in [2.05, 4.69) is 53.6 Å². The van der Waals surface area contributed by atoms with Crippen molar-refractivity contribution >= 4 is 11.7 Å². The minimum Gasteiger partial charge on any atom is -0.368 e. The molecule has 0 spiro atoms. The van der Waals surface area contributed by atoms with E-state index in [1.165, 1.54) is 44.1 Å². The van der Waals surface area contributed by atoms with Gasteiger partial charge in [0.1, 0.15) is 0 Å². The third-order valence-corrected chi connectivity index (χ3v) is 5.95. The fourth-order valence-electron chi connectivity index (χ4n) is 2.97. The van der Waals surface area contributed by atoms with E-state index < -0.39 is 0 Å². The molecule has 2 N–H and O–H groups in total. The second-order valence-electron chi connectivity index (χ2n) is 9.45. The van der Waals surface area contributed by atoms with Crippen LogP contribution >= 0.6 is 0 Å². The van der Waals surface area contributed by atoms with Crippen LogP contribution in [0.15, 0.2) is 34.9 Å². The number of carbonyl (C=O) groups excluding carboxylic acids is 1. The SMILES string of the molecule is CC(=O)c1ccc(C)cc1.CCCC(CCC(C)CC)c1cc(N)on1.[CH2-]CC.[CH2-]CC(C)CC.[U+2]. The van der Waals surface area contributed by atoms with Crippen LogP contribution in [-0.4, -0.2) is 10.9 Å². The number of Topliss-reactive ketones (excluding diaryl/α,β-unsaturated/α-hetero) is 1. The van der Waals surface area contributed by atoms with Crippen molar-refractivity contribution < 1.29 is 40.4 Å². The summed E-state index contributed by atoms with van der Waals surface area (Å²) in [6, 6.07) is 9.44. The first-order chi connectivity index (χ1) is 16.6. The number of benzene rings is 1.